The Morgan fingerprint density at radius 1 is 1.18 bits per heavy atom. The first-order chi connectivity index (χ1) is 7.65. The van der Waals surface area contributed by atoms with Gasteiger partial charge in [0.15, 0.2) is 0 Å². The Bertz CT molecular complexity index is 414. The van der Waals surface area contributed by atoms with Gasteiger partial charge < -0.3 is 4.74 Å². The molecule has 93 valence electrons. The predicted molar refractivity (Wildman–Crippen MR) is 59.8 cm³/mol. The van der Waals surface area contributed by atoms with Gasteiger partial charge in [0.25, 0.3) is 0 Å². The minimum absolute atomic E-state index is 0.0979. The highest BCUT2D eigenvalue weighted by atomic mass is 19.4. The molecule has 0 aliphatic rings. The Kier molecular flexibility index (Phi) is 3.55. The molecule has 0 saturated heterocycles. The molecule has 0 aliphatic heterocycles. The Morgan fingerprint density at radius 3 is 2.18 bits per heavy atom. The van der Waals surface area contributed by atoms with Crippen LogP contribution < -0.4 is 4.74 Å². The molecule has 0 aromatic heterocycles. The average Bonchev–Trinajstić information content (AvgIpc) is 2.12. The van der Waals surface area contributed by atoms with Crippen LogP contribution in [0.25, 0.3) is 0 Å². The highest BCUT2D eigenvalue weighted by Gasteiger charge is 2.37. The second kappa shape index (κ2) is 4.43. The van der Waals surface area contributed by atoms with Crippen molar-refractivity contribution < 1.29 is 17.9 Å². The van der Waals surface area contributed by atoms with Gasteiger partial charge in [0, 0.05) is 0 Å². The van der Waals surface area contributed by atoms with Crippen molar-refractivity contribution in [3.8, 4) is 5.75 Å². The summed E-state index contributed by atoms with van der Waals surface area (Å²) in [6, 6.07) is 4.10. The molecule has 0 N–H and O–H groups in total. The third kappa shape index (κ3) is 3.51. The zero-order valence-corrected chi connectivity index (χ0v) is 9.98. The van der Waals surface area contributed by atoms with E-state index in [1.165, 1.54) is 18.2 Å². The van der Waals surface area contributed by atoms with E-state index in [-0.39, 0.29) is 11.3 Å². The van der Waals surface area contributed by atoms with Gasteiger partial charge in [0.05, 0.1) is 0 Å². The Morgan fingerprint density at radius 2 is 1.76 bits per heavy atom. The van der Waals surface area contributed by atoms with E-state index in [1.54, 1.807) is 20.8 Å². The standard InChI is InChI=1S/C13H14F3O/c1-5-9-7-6-8-10(17-12(2,3)4)11(9)13(14,15)16/h6-8H,1H2,2-4H3. The van der Waals surface area contributed by atoms with Crippen LogP contribution in [0.3, 0.4) is 0 Å². The number of benzene rings is 1. The lowest BCUT2D eigenvalue weighted by atomic mass is 10.1. The Hall–Kier alpha value is -1.45. The molecule has 1 nitrogen and oxygen atoms in total. The maximum Gasteiger partial charge on any atom is 0.420 e. The highest BCUT2D eigenvalue weighted by Crippen LogP contribution is 2.39. The van der Waals surface area contributed by atoms with Crippen LogP contribution in [-0.4, -0.2) is 5.60 Å². The summed E-state index contributed by atoms with van der Waals surface area (Å²) >= 11 is 0. The second-order valence-electron chi connectivity index (χ2n) is 4.57. The smallest absolute Gasteiger partial charge is 0.420 e. The molecule has 0 saturated carbocycles. The topological polar surface area (TPSA) is 9.23 Å². The molecule has 1 rings (SSSR count). The van der Waals surface area contributed by atoms with Crippen LogP contribution in [0.5, 0.6) is 5.75 Å². The van der Waals surface area contributed by atoms with Crippen molar-refractivity contribution in [3.05, 3.63) is 42.0 Å². The van der Waals surface area contributed by atoms with Crippen molar-refractivity contribution >= 4 is 0 Å². The van der Waals surface area contributed by atoms with Gasteiger partial charge in [-0.05, 0) is 38.5 Å². The Balaban J connectivity index is 3.35. The summed E-state index contributed by atoms with van der Waals surface area (Å²) in [7, 11) is 0. The number of hydrogen-bond acceptors (Lipinski definition) is 1. The molecular weight excluding hydrogens is 229 g/mol. The third-order valence-corrected chi connectivity index (χ3v) is 1.92. The maximum atomic E-state index is 12.9. The van der Waals surface area contributed by atoms with E-state index in [9.17, 15) is 13.2 Å². The van der Waals surface area contributed by atoms with Gasteiger partial charge >= 0.3 is 6.18 Å². The lowest BCUT2D eigenvalue weighted by Gasteiger charge is -2.24. The van der Waals surface area contributed by atoms with E-state index >= 15 is 0 Å². The Labute approximate surface area is 98.9 Å². The van der Waals surface area contributed by atoms with Crippen LogP contribution in [0.15, 0.2) is 24.8 Å². The molecule has 0 spiro atoms. The molecule has 17 heavy (non-hydrogen) atoms. The fourth-order valence-electron chi connectivity index (χ4n) is 1.39. The molecule has 0 heterocycles. The number of rotatable bonds is 2. The summed E-state index contributed by atoms with van der Waals surface area (Å²) in [5, 5.41) is 0. The van der Waals surface area contributed by atoms with E-state index in [2.05, 4.69) is 12.7 Å². The largest absolute Gasteiger partial charge is 0.487 e. The minimum atomic E-state index is -4.48. The summed E-state index contributed by atoms with van der Waals surface area (Å²) in [5.74, 6) is -0.196. The number of alkyl halides is 3. The molecule has 0 atom stereocenters. The summed E-state index contributed by atoms with van der Waals surface area (Å²) in [6.07, 6.45) is -2.21. The SMILES string of the molecule is C=[C]c1cccc(OC(C)(C)C)c1C(F)(F)F. The monoisotopic (exact) mass is 243 g/mol. The van der Waals surface area contributed by atoms with Crippen LogP contribution in [0.1, 0.15) is 31.9 Å². The number of ether oxygens (including phenoxy) is 1. The van der Waals surface area contributed by atoms with Crippen LogP contribution >= 0.6 is 0 Å². The van der Waals surface area contributed by atoms with Crippen LogP contribution in [0, 0.1) is 6.08 Å². The lowest BCUT2D eigenvalue weighted by Crippen LogP contribution is -2.25. The highest BCUT2D eigenvalue weighted by molar-refractivity contribution is 5.45. The summed E-state index contributed by atoms with van der Waals surface area (Å²) in [6.45, 7) is 8.34. The third-order valence-electron chi connectivity index (χ3n) is 1.92. The van der Waals surface area contributed by atoms with Crippen LogP contribution in [0.4, 0.5) is 13.2 Å². The zero-order chi connectivity index (χ0) is 13.3. The zero-order valence-electron chi connectivity index (χ0n) is 9.98. The van der Waals surface area contributed by atoms with Gasteiger partial charge in [-0.3, -0.25) is 0 Å². The normalized spacial score (nSPS) is 12.4. The van der Waals surface area contributed by atoms with Gasteiger partial charge in [-0.2, -0.15) is 13.2 Å². The average molecular weight is 243 g/mol. The molecule has 0 aliphatic carbocycles. The summed E-state index contributed by atoms with van der Waals surface area (Å²) in [5.41, 5.74) is -1.62. The first-order valence-corrected chi connectivity index (χ1v) is 5.07. The maximum absolute atomic E-state index is 12.9. The van der Waals surface area contributed by atoms with Crippen molar-refractivity contribution in [3.63, 3.8) is 0 Å². The van der Waals surface area contributed by atoms with E-state index < -0.39 is 17.3 Å². The van der Waals surface area contributed by atoms with E-state index in [0.29, 0.717) is 0 Å². The quantitative estimate of drug-likeness (QED) is 0.755. The molecule has 1 radical (unpaired) electrons. The fraction of sp³-hybridized carbons (Fsp3) is 0.385. The molecule has 0 bridgehead atoms. The van der Waals surface area contributed by atoms with Gasteiger partial charge in [-0.15, -0.1) is 0 Å². The van der Waals surface area contributed by atoms with Crippen molar-refractivity contribution in [1.29, 1.82) is 0 Å². The first-order valence-electron chi connectivity index (χ1n) is 5.07. The second-order valence-corrected chi connectivity index (χ2v) is 4.57. The summed E-state index contributed by atoms with van der Waals surface area (Å²) in [4.78, 5) is 0. The molecule has 1 aromatic rings. The molecular formula is C13H14F3O. The van der Waals surface area contributed by atoms with Gasteiger partial charge in [-0.25, -0.2) is 0 Å². The molecule has 0 amide bonds. The van der Waals surface area contributed by atoms with Gasteiger partial charge in [0.2, 0.25) is 0 Å². The molecule has 4 heteroatoms. The minimum Gasteiger partial charge on any atom is -0.487 e. The van der Waals surface area contributed by atoms with Crippen molar-refractivity contribution in [2.75, 3.05) is 0 Å². The summed E-state index contributed by atoms with van der Waals surface area (Å²) < 4.78 is 44.1. The van der Waals surface area contributed by atoms with Crippen molar-refractivity contribution in [2.24, 2.45) is 0 Å². The molecule has 0 unspecified atom stereocenters. The van der Waals surface area contributed by atoms with Crippen LogP contribution in [-0.2, 0) is 6.18 Å². The van der Waals surface area contributed by atoms with E-state index in [0.717, 1.165) is 0 Å². The predicted octanol–water partition coefficient (Wildman–Crippen LogP) is 4.22. The number of hydrogen-bond donors (Lipinski definition) is 0. The van der Waals surface area contributed by atoms with Crippen LogP contribution in [0.2, 0.25) is 0 Å². The van der Waals surface area contributed by atoms with Gasteiger partial charge in [0.1, 0.15) is 16.9 Å². The molecule has 1 aromatic carbocycles. The number of halogens is 3. The van der Waals surface area contributed by atoms with E-state index in [4.69, 9.17) is 4.74 Å². The fourth-order valence-corrected chi connectivity index (χ4v) is 1.39. The van der Waals surface area contributed by atoms with Crippen molar-refractivity contribution in [1.82, 2.24) is 0 Å². The van der Waals surface area contributed by atoms with Crippen molar-refractivity contribution in [2.45, 2.75) is 32.5 Å². The first kappa shape index (κ1) is 13.6. The molecule has 0 fully saturated rings. The van der Waals surface area contributed by atoms with Gasteiger partial charge in [-0.1, -0.05) is 18.7 Å². The lowest BCUT2D eigenvalue weighted by molar-refractivity contribution is -0.140. The van der Waals surface area contributed by atoms with E-state index in [1.807, 2.05) is 0 Å².